The van der Waals surface area contributed by atoms with E-state index in [0.29, 0.717) is 38.3 Å². The number of likely N-dealkylation sites (tertiary alicyclic amines) is 1. The largest absolute Gasteiger partial charge is 0.494 e. The molecule has 1 aliphatic rings. The first-order chi connectivity index (χ1) is 14.6. The van der Waals surface area contributed by atoms with Crippen LogP contribution in [0.1, 0.15) is 31.2 Å². The van der Waals surface area contributed by atoms with Crippen molar-refractivity contribution in [3.05, 3.63) is 60.2 Å². The Balaban J connectivity index is 1.27. The predicted octanol–water partition coefficient (Wildman–Crippen LogP) is 3.34. The fourth-order valence-electron chi connectivity index (χ4n) is 3.38. The quantitative estimate of drug-likeness (QED) is 0.644. The van der Waals surface area contributed by atoms with Crippen LogP contribution in [-0.4, -0.2) is 49.1 Å². The number of amides is 2. The van der Waals surface area contributed by atoms with Gasteiger partial charge in [0.05, 0.1) is 6.61 Å². The van der Waals surface area contributed by atoms with Gasteiger partial charge < -0.3 is 19.7 Å². The van der Waals surface area contributed by atoms with Crippen molar-refractivity contribution < 1.29 is 19.1 Å². The number of aryl methyl sites for hydroxylation is 1. The van der Waals surface area contributed by atoms with Crippen molar-refractivity contribution in [1.82, 2.24) is 10.2 Å². The van der Waals surface area contributed by atoms with Crippen LogP contribution in [0.5, 0.6) is 11.5 Å². The van der Waals surface area contributed by atoms with Crippen LogP contribution in [-0.2, 0) is 9.59 Å². The molecule has 1 N–H and O–H groups in total. The number of carbonyl (C=O) groups excluding carboxylic acids is 2. The molecule has 3 rings (SSSR count). The Morgan fingerprint density at radius 1 is 0.967 bits per heavy atom. The lowest BCUT2D eigenvalue weighted by molar-refractivity contribution is -0.134. The molecule has 1 fully saturated rings. The predicted molar refractivity (Wildman–Crippen MR) is 116 cm³/mol. The van der Waals surface area contributed by atoms with Crippen LogP contribution in [0.3, 0.4) is 0 Å². The number of ether oxygens (including phenoxy) is 2. The number of nitrogens with one attached hydrogen (secondary N) is 1. The number of para-hydroxylation sites is 1. The van der Waals surface area contributed by atoms with Crippen molar-refractivity contribution in [1.29, 1.82) is 0 Å². The molecular weight excluding hydrogens is 380 g/mol. The summed E-state index contributed by atoms with van der Waals surface area (Å²) in [4.78, 5) is 26.3. The molecule has 0 radical (unpaired) electrons. The van der Waals surface area contributed by atoms with Crippen molar-refractivity contribution >= 4 is 11.8 Å². The first kappa shape index (κ1) is 21.7. The van der Waals surface area contributed by atoms with E-state index in [1.165, 1.54) is 5.56 Å². The Labute approximate surface area is 178 Å². The Morgan fingerprint density at radius 2 is 1.63 bits per heavy atom. The minimum Gasteiger partial charge on any atom is -0.494 e. The minimum absolute atomic E-state index is 0.0168. The molecule has 0 atom stereocenters. The molecule has 0 saturated carbocycles. The summed E-state index contributed by atoms with van der Waals surface area (Å²) in [5, 5.41) is 3.08. The van der Waals surface area contributed by atoms with Gasteiger partial charge in [0.15, 0.2) is 6.61 Å². The summed E-state index contributed by atoms with van der Waals surface area (Å²) in [6.07, 6.45) is 2.65. The average Bonchev–Trinajstić information content (AvgIpc) is 2.77. The molecule has 0 aliphatic carbocycles. The summed E-state index contributed by atoms with van der Waals surface area (Å²) in [6.45, 7) is 3.87. The van der Waals surface area contributed by atoms with Gasteiger partial charge in [0.25, 0.3) is 5.91 Å². The summed E-state index contributed by atoms with van der Waals surface area (Å²) in [5.41, 5.74) is 1.19. The van der Waals surface area contributed by atoms with E-state index in [1.54, 1.807) is 4.90 Å². The topological polar surface area (TPSA) is 67.9 Å². The van der Waals surface area contributed by atoms with Gasteiger partial charge >= 0.3 is 0 Å². The van der Waals surface area contributed by atoms with Crippen LogP contribution >= 0.6 is 0 Å². The smallest absolute Gasteiger partial charge is 0.260 e. The SMILES string of the molecule is Cc1ccc(OCCCC(=O)NC2CCN(C(=O)COc3ccccc3)CC2)cc1. The Morgan fingerprint density at radius 3 is 2.33 bits per heavy atom. The van der Waals surface area contributed by atoms with E-state index in [9.17, 15) is 9.59 Å². The zero-order valence-corrected chi connectivity index (χ0v) is 17.5. The third-order valence-electron chi connectivity index (χ3n) is 5.16. The van der Waals surface area contributed by atoms with Crippen molar-refractivity contribution in [2.24, 2.45) is 0 Å². The van der Waals surface area contributed by atoms with Crippen LogP contribution in [0.4, 0.5) is 0 Å². The lowest BCUT2D eigenvalue weighted by Crippen LogP contribution is -2.47. The third-order valence-corrected chi connectivity index (χ3v) is 5.16. The monoisotopic (exact) mass is 410 g/mol. The number of nitrogens with zero attached hydrogens (tertiary/aromatic N) is 1. The average molecular weight is 411 g/mol. The maximum atomic E-state index is 12.3. The van der Waals surface area contributed by atoms with E-state index < -0.39 is 0 Å². The highest BCUT2D eigenvalue weighted by Crippen LogP contribution is 2.14. The molecule has 1 heterocycles. The number of hydrogen-bond acceptors (Lipinski definition) is 4. The van der Waals surface area contributed by atoms with Gasteiger partial charge in [0, 0.05) is 25.6 Å². The van der Waals surface area contributed by atoms with Crippen LogP contribution in [0.15, 0.2) is 54.6 Å². The summed E-state index contributed by atoms with van der Waals surface area (Å²) < 4.78 is 11.2. The third kappa shape index (κ3) is 7.10. The standard InChI is InChI=1S/C24H30N2O4/c1-19-9-11-22(12-10-19)29-17-5-8-23(27)25-20-13-15-26(16-14-20)24(28)18-30-21-6-3-2-4-7-21/h2-4,6-7,9-12,20H,5,8,13-18H2,1H3,(H,25,27). The molecule has 0 aromatic heterocycles. The van der Waals surface area contributed by atoms with Gasteiger partial charge in [-0.15, -0.1) is 0 Å². The molecule has 0 bridgehead atoms. The molecule has 1 aliphatic heterocycles. The van der Waals surface area contributed by atoms with Gasteiger partial charge in [-0.1, -0.05) is 35.9 Å². The first-order valence-corrected chi connectivity index (χ1v) is 10.5. The zero-order chi connectivity index (χ0) is 21.2. The molecule has 30 heavy (non-hydrogen) atoms. The summed E-state index contributed by atoms with van der Waals surface area (Å²) in [5.74, 6) is 1.55. The molecule has 2 amide bonds. The van der Waals surface area contributed by atoms with Gasteiger partial charge in [-0.3, -0.25) is 9.59 Å². The fraction of sp³-hybridized carbons (Fsp3) is 0.417. The second kappa shape index (κ2) is 11.2. The Hall–Kier alpha value is -3.02. The van der Waals surface area contributed by atoms with Crippen molar-refractivity contribution in [3.8, 4) is 11.5 Å². The zero-order valence-electron chi connectivity index (χ0n) is 17.5. The Bertz CT molecular complexity index is 800. The highest BCUT2D eigenvalue weighted by atomic mass is 16.5. The highest BCUT2D eigenvalue weighted by Gasteiger charge is 2.24. The molecular formula is C24H30N2O4. The van der Waals surface area contributed by atoms with Gasteiger partial charge in [-0.2, -0.15) is 0 Å². The van der Waals surface area contributed by atoms with Gasteiger partial charge in [-0.25, -0.2) is 0 Å². The summed E-state index contributed by atoms with van der Waals surface area (Å²) in [6, 6.07) is 17.3. The van der Waals surface area contributed by atoms with Crippen LogP contribution < -0.4 is 14.8 Å². The maximum Gasteiger partial charge on any atom is 0.260 e. The minimum atomic E-state index is -0.0168. The van der Waals surface area contributed by atoms with Crippen molar-refractivity contribution in [2.45, 2.75) is 38.6 Å². The summed E-state index contributed by atoms with van der Waals surface area (Å²) in [7, 11) is 0. The molecule has 2 aromatic rings. The van der Waals surface area contributed by atoms with Crippen LogP contribution in [0, 0.1) is 6.92 Å². The molecule has 160 valence electrons. The molecule has 0 spiro atoms. The van der Waals surface area contributed by atoms with E-state index in [-0.39, 0.29) is 24.5 Å². The molecule has 2 aromatic carbocycles. The lowest BCUT2D eigenvalue weighted by Gasteiger charge is -2.32. The lowest BCUT2D eigenvalue weighted by atomic mass is 10.0. The van der Waals surface area contributed by atoms with E-state index in [0.717, 1.165) is 18.6 Å². The second-order valence-electron chi connectivity index (χ2n) is 7.59. The van der Waals surface area contributed by atoms with E-state index in [4.69, 9.17) is 9.47 Å². The molecule has 6 nitrogen and oxygen atoms in total. The van der Waals surface area contributed by atoms with Gasteiger partial charge in [0.2, 0.25) is 5.91 Å². The van der Waals surface area contributed by atoms with Gasteiger partial charge in [-0.05, 0) is 50.5 Å². The maximum absolute atomic E-state index is 12.3. The first-order valence-electron chi connectivity index (χ1n) is 10.5. The van der Waals surface area contributed by atoms with Crippen LogP contribution in [0.2, 0.25) is 0 Å². The highest BCUT2D eigenvalue weighted by molar-refractivity contribution is 5.78. The second-order valence-corrected chi connectivity index (χ2v) is 7.59. The summed E-state index contributed by atoms with van der Waals surface area (Å²) >= 11 is 0. The van der Waals surface area contributed by atoms with Crippen LogP contribution in [0.25, 0.3) is 0 Å². The van der Waals surface area contributed by atoms with E-state index in [1.807, 2.05) is 61.5 Å². The van der Waals surface area contributed by atoms with Gasteiger partial charge in [0.1, 0.15) is 11.5 Å². The number of carbonyl (C=O) groups is 2. The number of rotatable bonds is 9. The van der Waals surface area contributed by atoms with E-state index >= 15 is 0 Å². The normalized spacial score (nSPS) is 14.2. The molecule has 1 saturated heterocycles. The molecule has 6 heteroatoms. The number of benzene rings is 2. The number of hydrogen-bond donors (Lipinski definition) is 1. The molecule has 0 unspecified atom stereocenters. The number of piperidine rings is 1. The van der Waals surface area contributed by atoms with Crippen molar-refractivity contribution in [2.75, 3.05) is 26.3 Å². The fourth-order valence-corrected chi connectivity index (χ4v) is 3.38. The Kier molecular flexibility index (Phi) is 8.12. The van der Waals surface area contributed by atoms with E-state index in [2.05, 4.69) is 5.32 Å². The van der Waals surface area contributed by atoms with Crippen molar-refractivity contribution in [3.63, 3.8) is 0 Å².